The Morgan fingerprint density at radius 1 is 1.10 bits per heavy atom. The summed E-state index contributed by atoms with van der Waals surface area (Å²) in [6, 6.07) is 5.57. The van der Waals surface area contributed by atoms with Crippen LogP contribution in [-0.4, -0.2) is 57.7 Å². The number of anilines is 1. The minimum atomic E-state index is -1.46. The van der Waals surface area contributed by atoms with E-state index in [-0.39, 0.29) is 0 Å². The molecule has 2 rings (SSSR count). The van der Waals surface area contributed by atoms with Crippen molar-refractivity contribution in [1.29, 1.82) is 0 Å². The molecule has 1 saturated heterocycles. The van der Waals surface area contributed by atoms with Gasteiger partial charge in [-0.3, -0.25) is 5.48 Å². The molecule has 0 bridgehead atoms. The van der Waals surface area contributed by atoms with Crippen molar-refractivity contribution in [1.82, 2.24) is 0 Å². The summed E-state index contributed by atoms with van der Waals surface area (Å²) >= 11 is 0. The van der Waals surface area contributed by atoms with Crippen molar-refractivity contribution in [3.8, 4) is 0 Å². The number of nitrogens with one attached hydrogen (secondary N) is 1. The van der Waals surface area contributed by atoms with Gasteiger partial charge in [0, 0.05) is 0 Å². The van der Waals surface area contributed by atoms with E-state index in [0.717, 1.165) is 11.1 Å². The fourth-order valence-electron chi connectivity index (χ4n) is 2.10. The van der Waals surface area contributed by atoms with Crippen LogP contribution in [0, 0.1) is 13.8 Å². The Bertz CT molecular complexity index is 481. The average molecular weight is 299 g/mol. The van der Waals surface area contributed by atoms with E-state index in [0.29, 0.717) is 5.69 Å². The summed E-state index contributed by atoms with van der Waals surface area (Å²) in [7, 11) is 0. The lowest BCUT2D eigenvalue weighted by Crippen LogP contribution is -2.59. The van der Waals surface area contributed by atoms with E-state index in [1.165, 1.54) is 0 Å². The van der Waals surface area contributed by atoms with Crippen LogP contribution < -0.4 is 5.48 Å². The fraction of sp³-hybridized carbons (Fsp3) is 0.571. The molecule has 1 fully saturated rings. The normalized spacial score (nSPS) is 33.0. The van der Waals surface area contributed by atoms with E-state index in [1.807, 2.05) is 26.0 Å². The van der Waals surface area contributed by atoms with Crippen molar-refractivity contribution >= 4 is 5.69 Å². The van der Waals surface area contributed by atoms with E-state index in [4.69, 9.17) is 14.7 Å². The third-order valence-electron chi connectivity index (χ3n) is 3.65. The Hall–Kier alpha value is -1.22. The first-order chi connectivity index (χ1) is 9.93. The summed E-state index contributed by atoms with van der Waals surface area (Å²) in [6.07, 6.45) is -6.48. The topological polar surface area (TPSA) is 111 Å². The van der Waals surface area contributed by atoms with E-state index >= 15 is 0 Å². The molecule has 1 aromatic rings. The molecule has 1 heterocycles. The Morgan fingerprint density at radius 3 is 2.43 bits per heavy atom. The zero-order chi connectivity index (χ0) is 15.6. The Balaban J connectivity index is 1.99. The van der Waals surface area contributed by atoms with Crippen molar-refractivity contribution in [2.24, 2.45) is 0 Å². The van der Waals surface area contributed by atoms with Gasteiger partial charge in [-0.1, -0.05) is 6.07 Å². The number of aryl methyl sites for hydroxylation is 2. The number of ether oxygens (including phenoxy) is 1. The lowest BCUT2D eigenvalue weighted by atomic mass is 9.99. The van der Waals surface area contributed by atoms with Gasteiger partial charge in [-0.15, -0.1) is 0 Å². The molecule has 0 saturated carbocycles. The van der Waals surface area contributed by atoms with E-state index < -0.39 is 37.3 Å². The second kappa shape index (κ2) is 6.69. The molecule has 7 heteroatoms. The zero-order valence-electron chi connectivity index (χ0n) is 11.9. The van der Waals surface area contributed by atoms with E-state index in [9.17, 15) is 15.3 Å². The van der Waals surface area contributed by atoms with Crippen LogP contribution in [0.25, 0.3) is 0 Å². The second-order valence-electron chi connectivity index (χ2n) is 5.22. The average Bonchev–Trinajstić information content (AvgIpc) is 2.47. The maximum atomic E-state index is 9.82. The predicted molar refractivity (Wildman–Crippen MR) is 74.4 cm³/mol. The minimum absolute atomic E-state index is 0.492. The van der Waals surface area contributed by atoms with Gasteiger partial charge >= 0.3 is 0 Å². The summed E-state index contributed by atoms with van der Waals surface area (Å²) in [5, 5.41) is 38.2. The minimum Gasteiger partial charge on any atom is -0.394 e. The Labute approximate surface area is 122 Å². The molecular weight excluding hydrogens is 278 g/mol. The van der Waals surface area contributed by atoms with E-state index in [1.54, 1.807) is 6.07 Å². The van der Waals surface area contributed by atoms with Gasteiger partial charge in [0.05, 0.1) is 12.3 Å². The molecule has 1 aromatic carbocycles. The maximum Gasteiger partial charge on any atom is 0.212 e. The van der Waals surface area contributed by atoms with Gasteiger partial charge in [-0.05, 0) is 37.1 Å². The van der Waals surface area contributed by atoms with Gasteiger partial charge in [0.1, 0.15) is 24.4 Å². The molecule has 0 radical (unpaired) electrons. The number of hydrogen-bond donors (Lipinski definition) is 5. The first-order valence-corrected chi connectivity index (χ1v) is 6.73. The first-order valence-electron chi connectivity index (χ1n) is 6.73. The van der Waals surface area contributed by atoms with Crippen LogP contribution in [0.2, 0.25) is 0 Å². The molecule has 0 amide bonds. The van der Waals surface area contributed by atoms with Crippen LogP contribution >= 0.6 is 0 Å². The highest BCUT2D eigenvalue weighted by Gasteiger charge is 2.44. The highest BCUT2D eigenvalue weighted by atomic mass is 16.8. The van der Waals surface area contributed by atoms with Crippen LogP contribution in [-0.2, 0) is 9.57 Å². The third-order valence-corrected chi connectivity index (χ3v) is 3.65. The standard InChI is InChI=1S/C14H21NO6/c1-7-3-4-9(5-8(7)2)15-21-14-13(19)12(18)11(17)10(6-16)20-14/h3-5,10-19H,6H2,1-2H3/t10-,11?,12+,13-,14?/m1/s1. The summed E-state index contributed by atoms with van der Waals surface area (Å²) in [5.41, 5.74) is 5.50. The van der Waals surface area contributed by atoms with Crippen LogP contribution in [0.5, 0.6) is 0 Å². The van der Waals surface area contributed by atoms with Gasteiger partial charge in [-0.25, -0.2) is 4.84 Å². The van der Waals surface area contributed by atoms with E-state index in [2.05, 4.69) is 5.48 Å². The highest BCUT2D eigenvalue weighted by molar-refractivity contribution is 5.46. The molecule has 118 valence electrons. The molecule has 21 heavy (non-hydrogen) atoms. The van der Waals surface area contributed by atoms with Gasteiger partial charge < -0.3 is 25.2 Å². The molecule has 2 unspecified atom stereocenters. The second-order valence-corrected chi connectivity index (χ2v) is 5.22. The SMILES string of the molecule is Cc1ccc(NOC2O[C@H](CO)C(O)[C@H](O)[C@H]2O)cc1C. The van der Waals surface area contributed by atoms with Gasteiger partial charge in [0.15, 0.2) is 0 Å². The van der Waals surface area contributed by atoms with Crippen LogP contribution in [0.1, 0.15) is 11.1 Å². The van der Waals surface area contributed by atoms with Crippen molar-refractivity contribution in [3.63, 3.8) is 0 Å². The third kappa shape index (κ3) is 3.52. The first kappa shape index (κ1) is 16.2. The van der Waals surface area contributed by atoms with Crippen LogP contribution in [0.3, 0.4) is 0 Å². The zero-order valence-corrected chi connectivity index (χ0v) is 11.9. The van der Waals surface area contributed by atoms with Gasteiger partial charge in [0.2, 0.25) is 6.29 Å². The van der Waals surface area contributed by atoms with Crippen molar-refractivity contribution in [3.05, 3.63) is 29.3 Å². The summed E-state index contributed by atoms with van der Waals surface area (Å²) in [6.45, 7) is 3.44. The fourth-order valence-corrected chi connectivity index (χ4v) is 2.10. The van der Waals surface area contributed by atoms with Gasteiger partial charge in [-0.2, -0.15) is 0 Å². The highest BCUT2D eigenvalue weighted by Crippen LogP contribution is 2.23. The van der Waals surface area contributed by atoms with Crippen LogP contribution in [0.4, 0.5) is 5.69 Å². The van der Waals surface area contributed by atoms with Crippen molar-refractivity contribution in [2.45, 2.75) is 44.6 Å². The number of aliphatic hydroxyl groups is 4. The lowest BCUT2D eigenvalue weighted by molar-refractivity contribution is -0.294. The number of rotatable bonds is 4. The quantitative estimate of drug-likeness (QED) is 0.474. The van der Waals surface area contributed by atoms with Crippen molar-refractivity contribution in [2.75, 3.05) is 12.1 Å². The Kier molecular flexibility index (Phi) is 5.15. The summed E-state index contributed by atoms with van der Waals surface area (Å²) in [4.78, 5) is 5.22. The molecule has 5 N–H and O–H groups in total. The molecule has 0 aromatic heterocycles. The van der Waals surface area contributed by atoms with Crippen LogP contribution in [0.15, 0.2) is 18.2 Å². The number of aliphatic hydroxyl groups excluding tert-OH is 4. The molecule has 7 nitrogen and oxygen atoms in total. The maximum absolute atomic E-state index is 9.82. The van der Waals surface area contributed by atoms with Crippen molar-refractivity contribution < 1.29 is 30.0 Å². The molecule has 1 aliphatic heterocycles. The molecule has 1 aliphatic rings. The Morgan fingerprint density at radius 2 is 1.81 bits per heavy atom. The number of hydrogen-bond acceptors (Lipinski definition) is 7. The van der Waals surface area contributed by atoms with Gasteiger partial charge in [0.25, 0.3) is 0 Å². The molecule has 0 spiro atoms. The molecule has 5 atom stereocenters. The predicted octanol–water partition coefficient (Wildman–Crippen LogP) is -0.553. The molecule has 0 aliphatic carbocycles. The summed E-state index contributed by atoms with van der Waals surface area (Å²) < 4.78 is 5.21. The summed E-state index contributed by atoms with van der Waals surface area (Å²) in [5.74, 6) is 0. The number of benzene rings is 1. The molecular formula is C14H21NO6. The lowest BCUT2D eigenvalue weighted by Gasteiger charge is -2.39. The largest absolute Gasteiger partial charge is 0.394 e. The monoisotopic (exact) mass is 299 g/mol. The smallest absolute Gasteiger partial charge is 0.212 e.